The van der Waals surface area contributed by atoms with Crippen LogP contribution in [0, 0.1) is 0 Å². The monoisotopic (exact) mass is 371 g/mol. The molecule has 0 saturated heterocycles. The Bertz CT molecular complexity index is 1040. The van der Waals surface area contributed by atoms with Gasteiger partial charge < -0.3 is 13.6 Å². The van der Waals surface area contributed by atoms with Crippen LogP contribution < -0.4 is 10.4 Å². The summed E-state index contributed by atoms with van der Waals surface area (Å²) < 4.78 is 17.1. The summed E-state index contributed by atoms with van der Waals surface area (Å²) in [6, 6.07) is 5.69. The van der Waals surface area contributed by atoms with Crippen LogP contribution in [0.1, 0.15) is 35.3 Å². The minimum atomic E-state index is -0.222. The van der Waals surface area contributed by atoms with E-state index in [1.54, 1.807) is 6.26 Å². The highest BCUT2D eigenvalue weighted by Crippen LogP contribution is 2.41. The van der Waals surface area contributed by atoms with Crippen LogP contribution >= 0.6 is 11.6 Å². The maximum Gasteiger partial charge on any atom is 0.339 e. The molecule has 0 fully saturated rings. The van der Waals surface area contributed by atoms with Crippen LogP contribution in [-0.2, 0) is 25.9 Å². The van der Waals surface area contributed by atoms with Crippen molar-refractivity contribution in [3.05, 3.63) is 62.4 Å². The van der Waals surface area contributed by atoms with E-state index >= 15 is 0 Å². The summed E-state index contributed by atoms with van der Waals surface area (Å²) in [5.74, 6) is 1.48. The average Bonchev–Trinajstić information content (AvgIpc) is 3.16. The SMILES string of the molecule is O=c1oc2c3c(c(Cl)cc2c2c1CCCC2)OCN(Cc1ccco1)C3. The van der Waals surface area contributed by atoms with Crippen LogP contribution in [0.25, 0.3) is 11.0 Å². The molecule has 1 aliphatic heterocycles. The first-order chi connectivity index (χ1) is 12.7. The number of hydrogen-bond donors (Lipinski definition) is 0. The third-order valence-electron chi connectivity index (χ3n) is 5.25. The molecule has 3 heterocycles. The predicted molar refractivity (Wildman–Crippen MR) is 97.6 cm³/mol. The Morgan fingerprint density at radius 3 is 2.81 bits per heavy atom. The van der Waals surface area contributed by atoms with E-state index in [1.165, 1.54) is 0 Å². The van der Waals surface area contributed by atoms with Gasteiger partial charge in [0, 0.05) is 17.5 Å². The smallest absolute Gasteiger partial charge is 0.339 e. The van der Waals surface area contributed by atoms with Crippen molar-refractivity contribution < 1.29 is 13.6 Å². The second-order valence-electron chi connectivity index (χ2n) is 6.94. The molecule has 26 heavy (non-hydrogen) atoms. The lowest BCUT2D eigenvalue weighted by molar-refractivity contribution is 0.0827. The molecule has 1 aliphatic carbocycles. The van der Waals surface area contributed by atoms with Crippen LogP contribution in [0.3, 0.4) is 0 Å². The van der Waals surface area contributed by atoms with Crippen molar-refractivity contribution in [2.24, 2.45) is 0 Å². The molecule has 2 aliphatic rings. The van der Waals surface area contributed by atoms with Gasteiger partial charge in [0.15, 0.2) is 0 Å². The first-order valence-corrected chi connectivity index (χ1v) is 9.26. The number of benzene rings is 1. The van der Waals surface area contributed by atoms with E-state index < -0.39 is 0 Å². The Labute approximate surface area is 155 Å². The highest BCUT2D eigenvalue weighted by molar-refractivity contribution is 6.33. The normalized spacial score (nSPS) is 17.0. The third kappa shape index (κ3) is 2.54. The van der Waals surface area contributed by atoms with Gasteiger partial charge in [-0.25, -0.2) is 4.79 Å². The summed E-state index contributed by atoms with van der Waals surface area (Å²) in [6.45, 7) is 1.62. The zero-order chi connectivity index (χ0) is 17.7. The van der Waals surface area contributed by atoms with E-state index in [0.717, 1.165) is 53.5 Å². The van der Waals surface area contributed by atoms with Gasteiger partial charge in [-0.05, 0) is 49.4 Å². The van der Waals surface area contributed by atoms with Crippen LogP contribution in [0.5, 0.6) is 5.75 Å². The van der Waals surface area contributed by atoms with Gasteiger partial charge in [-0.3, -0.25) is 4.90 Å². The molecule has 0 spiro atoms. The van der Waals surface area contributed by atoms with Gasteiger partial charge in [0.05, 0.1) is 23.4 Å². The Hall–Kier alpha value is -2.24. The van der Waals surface area contributed by atoms with Gasteiger partial charge in [0.2, 0.25) is 0 Å². The minimum absolute atomic E-state index is 0.222. The lowest BCUT2D eigenvalue weighted by Gasteiger charge is -2.29. The molecule has 0 saturated carbocycles. The van der Waals surface area contributed by atoms with E-state index in [2.05, 4.69) is 4.90 Å². The largest absolute Gasteiger partial charge is 0.476 e. The summed E-state index contributed by atoms with van der Waals surface area (Å²) in [5, 5.41) is 1.53. The summed E-state index contributed by atoms with van der Waals surface area (Å²) in [5.41, 5.74) is 3.13. The topological polar surface area (TPSA) is 55.8 Å². The van der Waals surface area contributed by atoms with Crippen LogP contribution in [0.4, 0.5) is 0 Å². The van der Waals surface area contributed by atoms with Crippen molar-refractivity contribution in [3.63, 3.8) is 0 Å². The summed E-state index contributed by atoms with van der Waals surface area (Å²) >= 11 is 6.51. The van der Waals surface area contributed by atoms with Crippen molar-refractivity contribution in [1.82, 2.24) is 4.90 Å². The number of halogens is 1. The summed E-state index contributed by atoms with van der Waals surface area (Å²) in [7, 11) is 0. The zero-order valence-electron chi connectivity index (χ0n) is 14.2. The first kappa shape index (κ1) is 16.0. The molecule has 0 amide bonds. The fourth-order valence-corrected chi connectivity index (χ4v) is 4.32. The van der Waals surface area contributed by atoms with Crippen LogP contribution in [-0.4, -0.2) is 11.6 Å². The van der Waals surface area contributed by atoms with Gasteiger partial charge in [-0.2, -0.15) is 0 Å². The molecule has 1 aromatic carbocycles. The highest BCUT2D eigenvalue weighted by Gasteiger charge is 2.27. The maximum atomic E-state index is 12.5. The number of rotatable bonds is 2. The first-order valence-electron chi connectivity index (χ1n) is 8.88. The molecule has 0 N–H and O–H groups in total. The Morgan fingerprint density at radius 2 is 2.00 bits per heavy atom. The Balaban J connectivity index is 1.64. The molecular formula is C20H18ClNO4. The average molecular weight is 372 g/mol. The fourth-order valence-electron chi connectivity index (χ4n) is 4.04. The number of furan rings is 1. The molecule has 3 aromatic rings. The van der Waals surface area contributed by atoms with E-state index in [0.29, 0.717) is 36.2 Å². The van der Waals surface area contributed by atoms with E-state index in [9.17, 15) is 4.79 Å². The lowest BCUT2D eigenvalue weighted by atomic mass is 9.90. The van der Waals surface area contributed by atoms with Gasteiger partial charge in [-0.1, -0.05) is 11.6 Å². The number of aryl methyl sites for hydroxylation is 1. The minimum Gasteiger partial charge on any atom is -0.476 e. The second-order valence-corrected chi connectivity index (χ2v) is 7.34. The number of nitrogens with zero attached hydrogens (tertiary/aromatic N) is 1. The molecule has 5 rings (SSSR count). The van der Waals surface area contributed by atoms with Crippen molar-refractivity contribution in [3.8, 4) is 5.75 Å². The van der Waals surface area contributed by atoms with Crippen molar-refractivity contribution in [2.75, 3.05) is 6.73 Å². The van der Waals surface area contributed by atoms with Crippen molar-refractivity contribution in [1.29, 1.82) is 0 Å². The number of ether oxygens (including phenoxy) is 1. The summed E-state index contributed by atoms with van der Waals surface area (Å²) in [6.07, 6.45) is 5.45. The molecule has 0 radical (unpaired) electrons. The quantitative estimate of drug-likeness (QED) is 0.629. The van der Waals surface area contributed by atoms with Crippen LogP contribution in [0.2, 0.25) is 5.02 Å². The predicted octanol–water partition coefficient (Wildman–Crippen LogP) is 4.27. The molecule has 6 heteroatoms. The lowest BCUT2D eigenvalue weighted by Crippen LogP contribution is -2.32. The number of hydrogen-bond acceptors (Lipinski definition) is 5. The van der Waals surface area contributed by atoms with Gasteiger partial charge >= 0.3 is 5.63 Å². The van der Waals surface area contributed by atoms with E-state index in [4.69, 9.17) is 25.2 Å². The Morgan fingerprint density at radius 1 is 1.15 bits per heavy atom. The molecule has 5 nitrogen and oxygen atoms in total. The van der Waals surface area contributed by atoms with E-state index in [-0.39, 0.29) is 5.63 Å². The van der Waals surface area contributed by atoms with Crippen LogP contribution in [0.15, 0.2) is 38.1 Å². The molecule has 0 bridgehead atoms. The Kier molecular flexibility index (Phi) is 3.80. The number of fused-ring (bicyclic) bond motifs is 5. The fraction of sp³-hybridized carbons (Fsp3) is 0.350. The molecular weight excluding hydrogens is 354 g/mol. The van der Waals surface area contributed by atoms with Crippen molar-refractivity contribution in [2.45, 2.75) is 38.8 Å². The van der Waals surface area contributed by atoms with Gasteiger partial charge in [0.1, 0.15) is 23.8 Å². The molecule has 0 unspecified atom stereocenters. The summed E-state index contributed by atoms with van der Waals surface area (Å²) in [4.78, 5) is 14.6. The molecule has 0 atom stereocenters. The van der Waals surface area contributed by atoms with E-state index in [1.807, 2.05) is 18.2 Å². The van der Waals surface area contributed by atoms with Gasteiger partial charge in [-0.15, -0.1) is 0 Å². The van der Waals surface area contributed by atoms with Gasteiger partial charge in [0.25, 0.3) is 0 Å². The molecule has 134 valence electrons. The second kappa shape index (κ2) is 6.18. The zero-order valence-corrected chi connectivity index (χ0v) is 15.0. The standard InChI is InChI=1S/C20H18ClNO4/c21-17-8-15-13-5-1-2-6-14(13)20(23)26-18(15)16-10-22(11-25-19(16)17)9-12-4-3-7-24-12/h3-4,7-8H,1-2,5-6,9-11H2. The molecule has 2 aromatic heterocycles. The highest BCUT2D eigenvalue weighted by atomic mass is 35.5. The van der Waals surface area contributed by atoms with Crippen molar-refractivity contribution >= 4 is 22.6 Å². The third-order valence-corrected chi connectivity index (χ3v) is 5.53. The maximum absolute atomic E-state index is 12.5.